The average Bonchev–Trinajstić information content (AvgIpc) is 2.30. The molecule has 1 amide bonds. The van der Waals surface area contributed by atoms with Crippen LogP contribution in [0.2, 0.25) is 0 Å². The fraction of sp³-hybridized carbons (Fsp3) is 0.462. The summed E-state index contributed by atoms with van der Waals surface area (Å²) in [5, 5.41) is 11.4. The normalized spacial score (nSPS) is 12.0. The Kier molecular flexibility index (Phi) is 4.97. The number of aryl methyl sites for hydroxylation is 2. The molecule has 0 radical (unpaired) electrons. The lowest BCUT2D eigenvalue weighted by Crippen LogP contribution is -2.38. The minimum Gasteiger partial charge on any atom is -0.483 e. The summed E-state index contributed by atoms with van der Waals surface area (Å²) in [7, 11) is 0. The first-order valence-corrected chi connectivity index (χ1v) is 5.63. The molecule has 0 unspecified atom stereocenters. The molecule has 0 saturated heterocycles. The Hall–Kier alpha value is -1.55. The van der Waals surface area contributed by atoms with Crippen molar-refractivity contribution in [3.05, 3.63) is 29.3 Å². The molecule has 1 atom stereocenters. The predicted molar refractivity (Wildman–Crippen MR) is 66.1 cm³/mol. The van der Waals surface area contributed by atoms with Crippen LogP contribution in [0.15, 0.2) is 18.2 Å². The lowest BCUT2D eigenvalue weighted by Gasteiger charge is -2.13. The largest absolute Gasteiger partial charge is 0.483 e. The van der Waals surface area contributed by atoms with Crippen LogP contribution in [0.4, 0.5) is 0 Å². The van der Waals surface area contributed by atoms with E-state index in [1.54, 1.807) is 6.92 Å². The fourth-order valence-electron chi connectivity index (χ4n) is 1.37. The van der Waals surface area contributed by atoms with Gasteiger partial charge in [-0.15, -0.1) is 0 Å². The molecular weight excluding hydrogens is 218 g/mol. The van der Waals surface area contributed by atoms with Crippen LogP contribution < -0.4 is 10.1 Å². The summed E-state index contributed by atoms with van der Waals surface area (Å²) in [4.78, 5) is 11.4. The monoisotopic (exact) mass is 237 g/mol. The van der Waals surface area contributed by atoms with Crippen molar-refractivity contribution in [2.75, 3.05) is 13.2 Å². The maximum atomic E-state index is 11.4. The first-order chi connectivity index (χ1) is 8.02. The van der Waals surface area contributed by atoms with Crippen molar-refractivity contribution >= 4 is 5.91 Å². The number of amides is 1. The summed E-state index contributed by atoms with van der Waals surface area (Å²) < 4.78 is 5.43. The third kappa shape index (κ3) is 4.44. The molecule has 2 N–H and O–H groups in total. The molecule has 0 heterocycles. The third-order valence-corrected chi connectivity index (χ3v) is 2.38. The third-order valence-electron chi connectivity index (χ3n) is 2.38. The summed E-state index contributed by atoms with van der Waals surface area (Å²) in [6, 6.07) is 5.61. The Morgan fingerprint density at radius 1 is 1.47 bits per heavy atom. The van der Waals surface area contributed by atoms with Gasteiger partial charge in [-0.2, -0.15) is 0 Å². The van der Waals surface area contributed by atoms with E-state index in [1.165, 1.54) is 0 Å². The van der Waals surface area contributed by atoms with Crippen LogP contribution in [-0.2, 0) is 4.79 Å². The quantitative estimate of drug-likeness (QED) is 0.808. The van der Waals surface area contributed by atoms with Crippen LogP contribution in [0.1, 0.15) is 18.1 Å². The zero-order valence-corrected chi connectivity index (χ0v) is 10.5. The standard InChI is InChI=1S/C13H19NO3/c1-9-4-5-10(2)12(6-9)17-8-13(16)14-11(3)7-15/h4-6,11,15H,7-8H2,1-3H3,(H,14,16)/t11-/m0/s1. The highest BCUT2D eigenvalue weighted by molar-refractivity contribution is 5.77. The van der Waals surface area contributed by atoms with Gasteiger partial charge in [-0.3, -0.25) is 4.79 Å². The Balaban J connectivity index is 2.50. The first kappa shape index (κ1) is 13.5. The molecule has 0 bridgehead atoms. The Morgan fingerprint density at radius 2 is 2.18 bits per heavy atom. The first-order valence-electron chi connectivity index (χ1n) is 5.63. The van der Waals surface area contributed by atoms with Crippen molar-refractivity contribution in [1.29, 1.82) is 0 Å². The number of carbonyl (C=O) groups is 1. The van der Waals surface area contributed by atoms with Crippen molar-refractivity contribution in [2.45, 2.75) is 26.8 Å². The smallest absolute Gasteiger partial charge is 0.258 e. The van der Waals surface area contributed by atoms with Crippen LogP contribution in [0.3, 0.4) is 0 Å². The Labute approximate surface area is 102 Å². The Bertz CT molecular complexity index is 390. The zero-order valence-electron chi connectivity index (χ0n) is 10.5. The summed E-state index contributed by atoms with van der Waals surface area (Å²) in [5.41, 5.74) is 2.09. The average molecular weight is 237 g/mol. The van der Waals surface area contributed by atoms with Gasteiger partial charge in [0.05, 0.1) is 6.61 Å². The highest BCUT2D eigenvalue weighted by Gasteiger charge is 2.07. The molecule has 0 aromatic heterocycles. The molecule has 0 aliphatic heterocycles. The van der Waals surface area contributed by atoms with E-state index in [1.807, 2.05) is 32.0 Å². The van der Waals surface area contributed by atoms with E-state index in [-0.39, 0.29) is 25.2 Å². The van der Waals surface area contributed by atoms with Crippen LogP contribution >= 0.6 is 0 Å². The van der Waals surface area contributed by atoms with Crippen molar-refractivity contribution in [3.8, 4) is 5.75 Å². The second-order valence-electron chi connectivity index (χ2n) is 4.21. The van der Waals surface area contributed by atoms with Gasteiger partial charge in [0.25, 0.3) is 5.91 Å². The summed E-state index contributed by atoms with van der Waals surface area (Å²) in [5.74, 6) is 0.490. The van der Waals surface area contributed by atoms with Gasteiger partial charge in [0.1, 0.15) is 5.75 Å². The number of nitrogens with one attached hydrogen (secondary N) is 1. The predicted octanol–water partition coefficient (Wildman–Crippen LogP) is 1.18. The summed E-state index contributed by atoms with van der Waals surface area (Å²) >= 11 is 0. The number of aliphatic hydroxyl groups is 1. The van der Waals surface area contributed by atoms with Gasteiger partial charge in [0.2, 0.25) is 0 Å². The van der Waals surface area contributed by atoms with E-state index in [2.05, 4.69) is 5.32 Å². The molecule has 0 aliphatic carbocycles. The molecule has 4 heteroatoms. The van der Waals surface area contributed by atoms with Crippen molar-refractivity contribution in [3.63, 3.8) is 0 Å². The minimum absolute atomic E-state index is 0.0331. The van der Waals surface area contributed by atoms with E-state index in [0.29, 0.717) is 0 Å². The number of rotatable bonds is 5. The topological polar surface area (TPSA) is 58.6 Å². The molecule has 0 spiro atoms. The van der Waals surface area contributed by atoms with Gasteiger partial charge in [-0.25, -0.2) is 0 Å². The van der Waals surface area contributed by atoms with Crippen LogP contribution in [0, 0.1) is 13.8 Å². The number of hydrogen-bond acceptors (Lipinski definition) is 3. The lowest BCUT2D eigenvalue weighted by atomic mass is 10.1. The molecule has 17 heavy (non-hydrogen) atoms. The number of carbonyl (C=O) groups excluding carboxylic acids is 1. The van der Waals surface area contributed by atoms with E-state index < -0.39 is 0 Å². The number of ether oxygens (including phenoxy) is 1. The Morgan fingerprint density at radius 3 is 2.82 bits per heavy atom. The van der Waals surface area contributed by atoms with Crippen LogP contribution in [-0.4, -0.2) is 30.3 Å². The molecule has 0 saturated carbocycles. The number of hydrogen-bond donors (Lipinski definition) is 2. The SMILES string of the molecule is Cc1ccc(C)c(OCC(=O)N[C@@H](C)CO)c1. The second-order valence-corrected chi connectivity index (χ2v) is 4.21. The molecule has 0 fully saturated rings. The van der Waals surface area contributed by atoms with E-state index in [9.17, 15) is 4.79 Å². The second kappa shape index (κ2) is 6.25. The number of benzene rings is 1. The van der Waals surface area contributed by atoms with Crippen molar-refractivity contribution in [2.24, 2.45) is 0 Å². The van der Waals surface area contributed by atoms with Gasteiger partial charge in [0, 0.05) is 6.04 Å². The van der Waals surface area contributed by atoms with E-state index in [0.717, 1.165) is 16.9 Å². The zero-order chi connectivity index (χ0) is 12.8. The van der Waals surface area contributed by atoms with Crippen molar-refractivity contribution < 1.29 is 14.6 Å². The number of aliphatic hydroxyl groups excluding tert-OH is 1. The van der Waals surface area contributed by atoms with Gasteiger partial charge >= 0.3 is 0 Å². The highest BCUT2D eigenvalue weighted by atomic mass is 16.5. The molecule has 0 aliphatic rings. The maximum Gasteiger partial charge on any atom is 0.258 e. The van der Waals surface area contributed by atoms with Crippen LogP contribution in [0.5, 0.6) is 5.75 Å². The van der Waals surface area contributed by atoms with E-state index in [4.69, 9.17) is 9.84 Å². The molecule has 94 valence electrons. The summed E-state index contributed by atoms with van der Waals surface area (Å²) in [6.07, 6.45) is 0. The van der Waals surface area contributed by atoms with Crippen molar-refractivity contribution in [1.82, 2.24) is 5.32 Å². The molecular formula is C13H19NO3. The van der Waals surface area contributed by atoms with E-state index >= 15 is 0 Å². The van der Waals surface area contributed by atoms with Crippen LogP contribution in [0.25, 0.3) is 0 Å². The van der Waals surface area contributed by atoms with Gasteiger partial charge < -0.3 is 15.2 Å². The minimum atomic E-state index is -0.246. The van der Waals surface area contributed by atoms with Gasteiger partial charge in [-0.1, -0.05) is 12.1 Å². The maximum absolute atomic E-state index is 11.4. The fourth-order valence-corrected chi connectivity index (χ4v) is 1.37. The molecule has 4 nitrogen and oxygen atoms in total. The lowest BCUT2D eigenvalue weighted by molar-refractivity contribution is -0.124. The highest BCUT2D eigenvalue weighted by Crippen LogP contribution is 2.18. The summed E-state index contributed by atoms with van der Waals surface area (Å²) in [6.45, 7) is 5.53. The van der Waals surface area contributed by atoms with Gasteiger partial charge in [-0.05, 0) is 38.0 Å². The molecule has 1 rings (SSSR count). The van der Waals surface area contributed by atoms with Gasteiger partial charge in [0.15, 0.2) is 6.61 Å². The molecule has 1 aromatic carbocycles. The molecule has 1 aromatic rings.